The van der Waals surface area contributed by atoms with Crippen molar-refractivity contribution in [1.29, 1.82) is 0 Å². The highest BCUT2D eigenvalue weighted by Gasteiger charge is 2.10. The first-order chi connectivity index (χ1) is 10.9. The molecule has 0 bridgehead atoms. The van der Waals surface area contributed by atoms with Gasteiger partial charge in [0.2, 0.25) is 0 Å². The summed E-state index contributed by atoms with van der Waals surface area (Å²) < 4.78 is 1.68. The number of aromatic nitrogens is 2. The van der Waals surface area contributed by atoms with E-state index < -0.39 is 0 Å². The molecule has 9 heteroatoms. The number of nitrogens with zero attached hydrogens (tertiary/aromatic N) is 2. The highest BCUT2D eigenvalue weighted by molar-refractivity contribution is 7.80. The lowest BCUT2D eigenvalue weighted by Crippen LogP contribution is -2.29. The molecule has 1 aromatic carbocycles. The van der Waals surface area contributed by atoms with Crippen LogP contribution in [0.5, 0.6) is 0 Å². The summed E-state index contributed by atoms with van der Waals surface area (Å²) in [5.74, 6) is 0. The van der Waals surface area contributed by atoms with E-state index in [0.717, 1.165) is 17.8 Å². The molecule has 0 fully saturated rings. The maximum Gasteiger partial charge on any atom is 0.170 e. The SMILES string of the molecule is Cc1nn(CCCNC(=S)Nc2ccc(Cl)c(Cl)c2)c(Cl)c1Cl. The number of nitrogens with one attached hydrogen (secondary N) is 2. The Balaban J connectivity index is 1.76. The Labute approximate surface area is 160 Å². The van der Waals surface area contributed by atoms with E-state index in [1.165, 1.54) is 0 Å². The molecule has 0 radical (unpaired) electrons. The van der Waals surface area contributed by atoms with Gasteiger partial charge in [0.25, 0.3) is 0 Å². The Morgan fingerprint density at radius 1 is 1.22 bits per heavy atom. The second-order valence-corrected chi connectivity index (χ2v) is 6.74. The molecule has 0 saturated heterocycles. The first-order valence-electron chi connectivity index (χ1n) is 6.77. The Morgan fingerprint density at radius 2 is 1.96 bits per heavy atom. The van der Waals surface area contributed by atoms with Crippen molar-refractivity contribution in [2.24, 2.45) is 0 Å². The summed E-state index contributed by atoms with van der Waals surface area (Å²) in [5, 5.41) is 12.8. The summed E-state index contributed by atoms with van der Waals surface area (Å²) in [6.45, 7) is 3.13. The number of benzene rings is 1. The van der Waals surface area contributed by atoms with Gasteiger partial charge in [-0.05, 0) is 43.8 Å². The summed E-state index contributed by atoms with van der Waals surface area (Å²) in [4.78, 5) is 0. The number of thiocarbonyl (C=S) groups is 1. The minimum absolute atomic E-state index is 0.459. The van der Waals surface area contributed by atoms with Crippen LogP contribution in [-0.2, 0) is 6.54 Å². The molecular formula is C14H14Cl4N4S. The fourth-order valence-corrected chi connectivity index (χ4v) is 2.77. The van der Waals surface area contributed by atoms with Crippen molar-refractivity contribution < 1.29 is 0 Å². The van der Waals surface area contributed by atoms with Crippen LogP contribution in [0.1, 0.15) is 12.1 Å². The van der Waals surface area contributed by atoms with Crippen LogP contribution >= 0.6 is 58.6 Å². The van der Waals surface area contributed by atoms with Crippen LogP contribution in [0.4, 0.5) is 5.69 Å². The minimum atomic E-state index is 0.459. The quantitative estimate of drug-likeness (QED) is 0.525. The van der Waals surface area contributed by atoms with Gasteiger partial charge in [0.1, 0.15) is 10.2 Å². The van der Waals surface area contributed by atoms with Gasteiger partial charge >= 0.3 is 0 Å². The van der Waals surface area contributed by atoms with Crippen molar-refractivity contribution in [2.45, 2.75) is 19.9 Å². The van der Waals surface area contributed by atoms with Crippen LogP contribution in [0.25, 0.3) is 0 Å². The average Bonchev–Trinajstić information content (AvgIpc) is 2.75. The Hall–Kier alpha value is -0.720. The molecule has 0 aliphatic carbocycles. The van der Waals surface area contributed by atoms with Crippen molar-refractivity contribution in [2.75, 3.05) is 11.9 Å². The Bertz CT molecular complexity index is 717. The zero-order valence-electron chi connectivity index (χ0n) is 12.2. The monoisotopic (exact) mass is 410 g/mol. The van der Waals surface area contributed by atoms with E-state index in [9.17, 15) is 0 Å². The van der Waals surface area contributed by atoms with Gasteiger partial charge in [0.05, 0.1) is 15.7 Å². The predicted octanol–water partition coefficient (Wildman–Crippen LogP) is 5.18. The van der Waals surface area contributed by atoms with Crippen molar-refractivity contribution >= 4 is 69.4 Å². The summed E-state index contributed by atoms with van der Waals surface area (Å²) in [6, 6.07) is 5.23. The van der Waals surface area contributed by atoms with Crippen molar-refractivity contribution in [3.63, 3.8) is 0 Å². The molecule has 0 aliphatic heterocycles. The molecule has 2 rings (SSSR count). The molecular weight excluding hydrogens is 398 g/mol. The predicted molar refractivity (Wildman–Crippen MR) is 102 cm³/mol. The average molecular weight is 412 g/mol. The van der Waals surface area contributed by atoms with Gasteiger partial charge in [-0.2, -0.15) is 5.10 Å². The van der Waals surface area contributed by atoms with E-state index in [-0.39, 0.29) is 0 Å². The second-order valence-electron chi connectivity index (χ2n) is 4.78. The van der Waals surface area contributed by atoms with Gasteiger partial charge in [-0.15, -0.1) is 0 Å². The number of hydrogen-bond donors (Lipinski definition) is 2. The van der Waals surface area contributed by atoms with Gasteiger partial charge in [0.15, 0.2) is 5.11 Å². The van der Waals surface area contributed by atoms with Crippen LogP contribution < -0.4 is 10.6 Å². The third-order valence-electron chi connectivity index (χ3n) is 3.01. The van der Waals surface area contributed by atoms with E-state index in [1.807, 2.05) is 6.92 Å². The Morgan fingerprint density at radius 3 is 2.57 bits per heavy atom. The van der Waals surface area contributed by atoms with E-state index >= 15 is 0 Å². The molecule has 23 heavy (non-hydrogen) atoms. The van der Waals surface area contributed by atoms with Crippen molar-refractivity contribution in [3.05, 3.63) is 44.1 Å². The van der Waals surface area contributed by atoms with E-state index in [1.54, 1.807) is 22.9 Å². The van der Waals surface area contributed by atoms with E-state index in [2.05, 4.69) is 15.7 Å². The van der Waals surface area contributed by atoms with Gasteiger partial charge in [-0.1, -0.05) is 46.4 Å². The molecule has 0 aliphatic rings. The third-order valence-corrected chi connectivity index (χ3v) is 4.92. The number of anilines is 1. The largest absolute Gasteiger partial charge is 0.362 e. The smallest absolute Gasteiger partial charge is 0.170 e. The summed E-state index contributed by atoms with van der Waals surface area (Å²) >= 11 is 29.1. The lowest BCUT2D eigenvalue weighted by Gasteiger charge is -2.11. The number of rotatable bonds is 5. The number of aryl methyl sites for hydroxylation is 2. The van der Waals surface area contributed by atoms with Crippen LogP contribution in [0.3, 0.4) is 0 Å². The molecule has 0 atom stereocenters. The molecule has 2 N–H and O–H groups in total. The van der Waals surface area contributed by atoms with Gasteiger partial charge in [-0.25, -0.2) is 0 Å². The second kappa shape index (κ2) is 8.40. The third kappa shape index (κ3) is 5.13. The van der Waals surface area contributed by atoms with E-state index in [0.29, 0.717) is 38.4 Å². The maximum atomic E-state index is 6.08. The molecule has 124 valence electrons. The van der Waals surface area contributed by atoms with Crippen LogP contribution in [0, 0.1) is 6.92 Å². The summed E-state index contributed by atoms with van der Waals surface area (Å²) in [7, 11) is 0. The zero-order valence-corrected chi connectivity index (χ0v) is 16.0. The number of halogens is 4. The maximum absolute atomic E-state index is 6.08. The standard InChI is InChI=1S/C14H14Cl4N4S/c1-8-12(17)13(18)22(21-8)6-2-5-19-14(23)20-9-3-4-10(15)11(16)7-9/h3-4,7H,2,5-6H2,1H3,(H2,19,20,23). The minimum Gasteiger partial charge on any atom is -0.362 e. The van der Waals surface area contributed by atoms with Crippen LogP contribution in [0.2, 0.25) is 20.2 Å². The first-order valence-corrected chi connectivity index (χ1v) is 8.69. The highest BCUT2D eigenvalue weighted by atomic mass is 35.5. The fourth-order valence-electron chi connectivity index (χ4n) is 1.86. The molecule has 0 unspecified atom stereocenters. The van der Waals surface area contributed by atoms with E-state index in [4.69, 9.17) is 58.6 Å². The van der Waals surface area contributed by atoms with Crippen LogP contribution in [-0.4, -0.2) is 21.4 Å². The molecule has 0 saturated carbocycles. The molecule has 1 aromatic heterocycles. The molecule has 2 aromatic rings. The molecule has 4 nitrogen and oxygen atoms in total. The topological polar surface area (TPSA) is 41.9 Å². The zero-order chi connectivity index (χ0) is 17.0. The van der Waals surface area contributed by atoms with Crippen molar-refractivity contribution in [1.82, 2.24) is 15.1 Å². The molecule has 1 heterocycles. The van der Waals surface area contributed by atoms with Gasteiger partial charge in [0, 0.05) is 18.8 Å². The van der Waals surface area contributed by atoms with Crippen molar-refractivity contribution in [3.8, 4) is 0 Å². The normalized spacial score (nSPS) is 10.7. The molecule has 0 amide bonds. The van der Waals surface area contributed by atoms with Gasteiger partial charge in [-0.3, -0.25) is 4.68 Å². The summed E-state index contributed by atoms with van der Waals surface area (Å²) in [6.07, 6.45) is 0.792. The van der Waals surface area contributed by atoms with Crippen LogP contribution in [0.15, 0.2) is 18.2 Å². The lowest BCUT2D eigenvalue weighted by molar-refractivity contribution is 0.571. The summed E-state index contributed by atoms with van der Waals surface area (Å²) in [5.41, 5.74) is 1.50. The Kier molecular flexibility index (Phi) is 6.80. The highest BCUT2D eigenvalue weighted by Crippen LogP contribution is 2.25. The fraction of sp³-hybridized carbons (Fsp3) is 0.286. The number of hydrogen-bond acceptors (Lipinski definition) is 2. The lowest BCUT2D eigenvalue weighted by atomic mass is 10.3. The molecule has 0 spiro atoms. The van der Waals surface area contributed by atoms with Gasteiger partial charge < -0.3 is 10.6 Å². The first kappa shape index (κ1) is 18.6.